The summed E-state index contributed by atoms with van der Waals surface area (Å²) in [4.78, 5) is 24.7. The molecule has 0 aliphatic carbocycles. The summed E-state index contributed by atoms with van der Waals surface area (Å²) in [5.74, 6) is 0.819. The summed E-state index contributed by atoms with van der Waals surface area (Å²) in [5, 5.41) is 10.7. The Morgan fingerprint density at radius 3 is 2.88 bits per heavy atom. The van der Waals surface area contributed by atoms with Crippen molar-refractivity contribution >= 4 is 28.7 Å². The van der Waals surface area contributed by atoms with Crippen molar-refractivity contribution in [3.8, 4) is 0 Å². The molecule has 3 aromatic heterocycles. The first-order chi connectivity index (χ1) is 15.8. The van der Waals surface area contributed by atoms with Crippen LogP contribution >= 0.6 is 0 Å². The highest BCUT2D eigenvalue weighted by molar-refractivity contribution is 6.07. The molecule has 0 bridgehead atoms. The minimum Gasteiger partial charge on any atom is -0.390 e. The van der Waals surface area contributed by atoms with E-state index in [-0.39, 0.29) is 5.56 Å². The van der Waals surface area contributed by atoms with Crippen molar-refractivity contribution in [3.63, 3.8) is 0 Å². The van der Waals surface area contributed by atoms with Gasteiger partial charge >= 0.3 is 6.18 Å². The van der Waals surface area contributed by atoms with Crippen LogP contribution in [0, 0.1) is 5.41 Å². The highest BCUT2D eigenvalue weighted by Crippen LogP contribution is 2.29. The number of allylic oxidation sites excluding steroid dienone is 1. The van der Waals surface area contributed by atoms with Crippen LogP contribution in [0.4, 0.5) is 13.2 Å². The molecular weight excluding hydrogens is 435 g/mol. The largest absolute Gasteiger partial charge is 0.416 e. The molecule has 3 N–H and O–H groups in total. The van der Waals surface area contributed by atoms with E-state index >= 15 is 0 Å². The smallest absolute Gasteiger partial charge is 0.390 e. The lowest BCUT2D eigenvalue weighted by atomic mass is 10.1. The lowest BCUT2D eigenvalue weighted by Gasteiger charge is -2.09. The number of halogens is 3. The monoisotopic (exact) mass is 457 g/mol. The summed E-state index contributed by atoms with van der Waals surface area (Å²) >= 11 is 0. The van der Waals surface area contributed by atoms with Gasteiger partial charge in [0.05, 0.1) is 11.1 Å². The van der Waals surface area contributed by atoms with E-state index in [2.05, 4.69) is 20.3 Å². The van der Waals surface area contributed by atoms with Crippen molar-refractivity contribution in [3.05, 3.63) is 70.2 Å². The molecule has 3 heterocycles. The van der Waals surface area contributed by atoms with E-state index in [1.165, 1.54) is 6.07 Å². The Labute approximate surface area is 186 Å². The van der Waals surface area contributed by atoms with Gasteiger partial charge in [0, 0.05) is 37.9 Å². The Balaban J connectivity index is 1.56. The number of rotatable bonds is 8. The lowest BCUT2D eigenvalue weighted by Crippen LogP contribution is -2.23. The summed E-state index contributed by atoms with van der Waals surface area (Å²) in [6.07, 6.45) is 2.69. The van der Waals surface area contributed by atoms with Gasteiger partial charge in [0.2, 0.25) is 5.78 Å². The molecule has 0 saturated heterocycles. The van der Waals surface area contributed by atoms with Gasteiger partial charge in [0.15, 0.2) is 11.2 Å². The maximum atomic E-state index is 12.9. The first-order valence-corrected chi connectivity index (χ1v) is 10.4. The summed E-state index contributed by atoms with van der Waals surface area (Å²) in [6, 6.07) is 5.18. The second kappa shape index (κ2) is 8.93. The van der Waals surface area contributed by atoms with Gasteiger partial charge in [0.1, 0.15) is 5.82 Å². The van der Waals surface area contributed by atoms with Crippen LogP contribution in [0.2, 0.25) is 0 Å². The predicted octanol–water partition coefficient (Wildman–Crippen LogP) is 3.62. The minimum absolute atomic E-state index is 0.244. The number of fused-ring (bicyclic) bond motifs is 3. The van der Waals surface area contributed by atoms with Gasteiger partial charge in [-0.15, -0.1) is 0 Å². The van der Waals surface area contributed by atoms with Crippen molar-refractivity contribution < 1.29 is 13.2 Å². The molecule has 4 rings (SSSR count). The summed E-state index contributed by atoms with van der Waals surface area (Å²) < 4.78 is 41.9. The highest BCUT2D eigenvalue weighted by Gasteiger charge is 2.30. The molecule has 0 atom stereocenters. The third-order valence-corrected chi connectivity index (χ3v) is 5.18. The van der Waals surface area contributed by atoms with Crippen LogP contribution in [0.5, 0.6) is 0 Å². The summed E-state index contributed by atoms with van der Waals surface area (Å²) in [7, 11) is 0. The fraction of sp³-hybridized carbons (Fsp3) is 0.273. The number of aryl methyl sites for hydroxylation is 1. The van der Waals surface area contributed by atoms with Crippen molar-refractivity contribution in [1.82, 2.24) is 29.2 Å². The molecule has 0 fully saturated rings. The average molecular weight is 457 g/mol. The van der Waals surface area contributed by atoms with Gasteiger partial charge in [-0.1, -0.05) is 25.1 Å². The number of nitrogens with one attached hydrogen (secondary N) is 3. The van der Waals surface area contributed by atoms with E-state index < -0.39 is 11.7 Å². The van der Waals surface area contributed by atoms with Crippen LogP contribution in [-0.4, -0.2) is 36.7 Å². The number of nitrogens with zero attached hydrogens (tertiary/aromatic N) is 4. The number of imidazole rings is 2. The van der Waals surface area contributed by atoms with Gasteiger partial charge in [0.25, 0.3) is 5.56 Å². The summed E-state index contributed by atoms with van der Waals surface area (Å²) in [5.41, 5.74) is 0.728. The number of benzene rings is 1. The first-order valence-electron chi connectivity index (χ1n) is 10.4. The number of aromatic nitrogens is 5. The molecule has 0 aliphatic heterocycles. The van der Waals surface area contributed by atoms with Crippen LogP contribution in [-0.2, 0) is 19.1 Å². The molecule has 8 nitrogen and oxygen atoms in total. The summed E-state index contributed by atoms with van der Waals surface area (Å²) in [6.45, 7) is 2.83. The Morgan fingerprint density at radius 2 is 2.15 bits per heavy atom. The van der Waals surface area contributed by atoms with Gasteiger partial charge in [-0.2, -0.15) is 13.2 Å². The lowest BCUT2D eigenvalue weighted by molar-refractivity contribution is -0.137. The van der Waals surface area contributed by atoms with Crippen LogP contribution < -0.4 is 10.9 Å². The van der Waals surface area contributed by atoms with E-state index in [0.717, 1.165) is 24.8 Å². The molecule has 1 aromatic carbocycles. The SMILES string of the molecule is CCCn1c(=O)c2[nH]c(/C(C=N)=C/NCCc3cccc(C(F)(F)F)c3)nc2n2ccnc12. The van der Waals surface area contributed by atoms with Gasteiger partial charge in [-0.3, -0.25) is 13.8 Å². The van der Waals surface area contributed by atoms with Gasteiger partial charge in [-0.05, 0) is 24.5 Å². The molecule has 0 saturated carbocycles. The third-order valence-electron chi connectivity index (χ3n) is 5.18. The van der Waals surface area contributed by atoms with E-state index in [0.29, 0.717) is 53.4 Å². The maximum absolute atomic E-state index is 12.9. The Morgan fingerprint density at radius 1 is 1.33 bits per heavy atom. The number of hydrogen-bond acceptors (Lipinski definition) is 5. The van der Waals surface area contributed by atoms with E-state index in [1.807, 2.05) is 6.92 Å². The molecular formula is C22H22F3N7O. The number of aromatic amines is 1. The number of alkyl halides is 3. The fourth-order valence-corrected chi connectivity index (χ4v) is 3.62. The van der Waals surface area contributed by atoms with Gasteiger partial charge < -0.3 is 15.7 Å². The Kier molecular flexibility index (Phi) is 6.03. The molecule has 0 unspecified atom stereocenters. The topological polar surface area (TPSA) is 104 Å². The van der Waals surface area contributed by atoms with E-state index in [9.17, 15) is 18.0 Å². The number of hydrogen-bond donors (Lipinski definition) is 3. The molecule has 172 valence electrons. The second-order valence-corrected chi connectivity index (χ2v) is 7.48. The molecule has 11 heteroatoms. The van der Waals surface area contributed by atoms with Crippen molar-refractivity contribution in [1.29, 1.82) is 5.41 Å². The van der Waals surface area contributed by atoms with Crippen molar-refractivity contribution in [2.24, 2.45) is 0 Å². The zero-order chi connectivity index (χ0) is 23.6. The second-order valence-electron chi connectivity index (χ2n) is 7.48. The molecule has 4 aromatic rings. The standard InChI is InChI=1S/C22H22F3N7O/c1-2-9-32-20(33)17-19(31-10-8-28-21(31)32)30-18(29-17)15(12-26)13-27-7-6-14-4-3-5-16(11-14)22(23,24)25/h3-5,8,10-13,26-27H,2,6-7,9H2,1H3,(H,29,30)/b15-13+,26-12?. The van der Waals surface area contributed by atoms with Crippen molar-refractivity contribution in [2.75, 3.05) is 6.54 Å². The van der Waals surface area contributed by atoms with Crippen LogP contribution in [0.1, 0.15) is 30.3 Å². The van der Waals surface area contributed by atoms with E-state index in [1.54, 1.807) is 33.6 Å². The normalized spacial score (nSPS) is 12.5. The van der Waals surface area contributed by atoms with Crippen LogP contribution in [0.15, 0.2) is 47.7 Å². The van der Waals surface area contributed by atoms with E-state index in [4.69, 9.17) is 5.41 Å². The van der Waals surface area contributed by atoms with Crippen LogP contribution in [0.25, 0.3) is 22.5 Å². The quantitative estimate of drug-likeness (QED) is 0.278. The maximum Gasteiger partial charge on any atom is 0.416 e. The molecule has 0 spiro atoms. The van der Waals surface area contributed by atoms with Gasteiger partial charge in [-0.25, -0.2) is 9.97 Å². The molecule has 0 amide bonds. The van der Waals surface area contributed by atoms with Crippen molar-refractivity contribution in [2.45, 2.75) is 32.5 Å². The highest BCUT2D eigenvalue weighted by atomic mass is 19.4. The molecule has 0 radical (unpaired) electrons. The predicted molar refractivity (Wildman–Crippen MR) is 119 cm³/mol. The molecule has 0 aliphatic rings. The average Bonchev–Trinajstić information content (AvgIpc) is 3.44. The first kappa shape index (κ1) is 22.3. The third kappa shape index (κ3) is 4.38. The number of H-pyrrole nitrogens is 1. The van der Waals surface area contributed by atoms with Crippen LogP contribution in [0.3, 0.4) is 0 Å². The zero-order valence-corrected chi connectivity index (χ0v) is 17.8. The fourth-order valence-electron chi connectivity index (χ4n) is 3.62. The minimum atomic E-state index is -4.38. The molecule has 33 heavy (non-hydrogen) atoms. The Hall–Kier alpha value is -3.89. The zero-order valence-electron chi connectivity index (χ0n) is 17.8. The Bertz CT molecular complexity index is 1390.